The molecule has 1 aliphatic heterocycles. The molecule has 1 amide bonds. The monoisotopic (exact) mass is 313 g/mol. The molecule has 3 atom stereocenters. The lowest BCUT2D eigenvalue weighted by atomic mass is 9.92. The second-order valence-corrected chi connectivity index (χ2v) is 6.38. The summed E-state index contributed by atoms with van der Waals surface area (Å²) in [5.74, 6) is -1.06. The summed E-state index contributed by atoms with van der Waals surface area (Å²) in [6, 6.07) is 0. The van der Waals surface area contributed by atoms with Crippen LogP contribution in [0.5, 0.6) is 0 Å². The van der Waals surface area contributed by atoms with Crippen LogP contribution in [0.3, 0.4) is 0 Å². The van der Waals surface area contributed by atoms with Gasteiger partial charge in [0, 0.05) is 6.42 Å². The predicted octanol–water partition coefficient (Wildman–Crippen LogP) is 2.48. The largest absolute Gasteiger partial charge is 0.391 e. The van der Waals surface area contributed by atoms with E-state index in [-0.39, 0.29) is 5.78 Å². The highest BCUT2D eigenvalue weighted by Crippen LogP contribution is 2.40. The number of epoxide rings is 1. The molecule has 0 aromatic rings. The molecule has 0 unspecified atom stereocenters. The van der Waals surface area contributed by atoms with Crippen molar-refractivity contribution in [1.82, 2.24) is 0 Å². The van der Waals surface area contributed by atoms with E-state index in [1.807, 2.05) is 0 Å². The Kier molecular flexibility index (Phi) is 8.04. The molecule has 22 heavy (non-hydrogen) atoms. The highest BCUT2D eigenvalue weighted by molar-refractivity contribution is 6.12. The molecule has 1 heterocycles. The molecule has 0 aromatic carbocycles. The van der Waals surface area contributed by atoms with Gasteiger partial charge >= 0.3 is 0 Å². The first-order valence-electron chi connectivity index (χ1n) is 8.65. The van der Waals surface area contributed by atoms with Gasteiger partial charge in [-0.3, -0.25) is 9.59 Å². The summed E-state index contributed by atoms with van der Waals surface area (Å²) in [4.78, 5) is 23.6. The average Bonchev–Trinajstić information content (AvgIpc) is 3.22. The van der Waals surface area contributed by atoms with Crippen molar-refractivity contribution in [2.24, 2.45) is 5.73 Å². The van der Waals surface area contributed by atoms with Crippen molar-refractivity contribution in [3.05, 3.63) is 0 Å². The number of ketones is 1. The first kappa shape index (κ1) is 19.1. The van der Waals surface area contributed by atoms with E-state index >= 15 is 0 Å². The Bertz CT molecular complexity index is 370. The van der Waals surface area contributed by atoms with Crippen molar-refractivity contribution in [3.8, 4) is 0 Å². The van der Waals surface area contributed by atoms with E-state index < -0.39 is 23.7 Å². The lowest BCUT2D eigenvalue weighted by Gasteiger charge is -2.09. The van der Waals surface area contributed by atoms with Gasteiger partial charge in [-0.25, -0.2) is 0 Å². The Balaban J connectivity index is 2.14. The molecule has 0 saturated carbocycles. The van der Waals surface area contributed by atoms with Gasteiger partial charge in [-0.2, -0.15) is 0 Å². The van der Waals surface area contributed by atoms with E-state index in [0.717, 1.165) is 19.3 Å². The van der Waals surface area contributed by atoms with Crippen molar-refractivity contribution < 1.29 is 19.4 Å². The van der Waals surface area contributed by atoms with Crippen LogP contribution in [0, 0.1) is 0 Å². The lowest BCUT2D eigenvalue weighted by molar-refractivity contribution is -0.134. The summed E-state index contributed by atoms with van der Waals surface area (Å²) in [6.45, 7) is 3.71. The number of amides is 1. The van der Waals surface area contributed by atoms with Crippen molar-refractivity contribution in [3.63, 3.8) is 0 Å². The summed E-state index contributed by atoms with van der Waals surface area (Å²) in [5.41, 5.74) is 3.71. The first-order chi connectivity index (χ1) is 10.5. The quantitative estimate of drug-likeness (QED) is 0.310. The minimum atomic E-state index is -1.56. The Morgan fingerprint density at radius 3 is 2.00 bits per heavy atom. The number of carbonyl (C=O) groups excluding carboxylic acids is 2. The molecule has 0 aromatic heterocycles. The third kappa shape index (κ3) is 5.06. The number of rotatable bonds is 13. The van der Waals surface area contributed by atoms with Gasteiger partial charge in [0.2, 0.25) is 5.60 Å². The number of hydrogen-bond donors (Lipinski definition) is 2. The fourth-order valence-electron chi connectivity index (χ4n) is 2.95. The average molecular weight is 313 g/mol. The van der Waals surface area contributed by atoms with E-state index in [1.165, 1.54) is 45.4 Å². The van der Waals surface area contributed by atoms with Gasteiger partial charge in [-0.05, 0) is 13.3 Å². The van der Waals surface area contributed by atoms with E-state index in [0.29, 0.717) is 6.42 Å². The maximum Gasteiger partial charge on any atom is 0.260 e. The number of aliphatic hydroxyl groups is 1. The van der Waals surface area contributed by atoms with Crippen LogP contribution in [-0.2, 0) is 14.3 Å². The number of nitrogens with two attached hydrogens (primary N) is 1. The fourth-order valence-corrected chi connectivity index (χ4v) is 2.95. The molecule has 0 bridgehead atoms. The molecule has 5 heteroatoms. The van der Waals surface area contributed by atoms with Crippen molar-refractivity contribution >= 4 is 11.7 Å². The number of Topliss-reactive ketones (excluding diaryl/α,β-unsaturated/α-hetero) is 1. The Labute approximate surface area is 133 Å². The van der Waals surface area contributed by atoms with Gasteiger partial charge in [0.1, 0.15) is 6.10 Å². The van der Waals surface area contributed by atoms with Gasteiger partial charge in [-0.15, -0.1) is 0 Å². The molecule has 3 N–H and O–H groups in total. The number of hydrogen-bond acceptors (Lipinski definition) is 4. The van der Waals surface area contributed by atoms with E-state index in [9.17, 15) is 14.7 Å². The van der Waals surface area contributed by atoms with E-state index in [4.69, 9.17) is 10.5 Å². The molecule has 0 radical (unpaired) electrons. The van der Waals surface area contributed by atoms with E-state index in [1.54, 1.807) is 0 Å². The third-order valence-electron chi connectivity index (χ3n) is 4.38. The zero-order valence-electron chi connectivity index (χ0n) is 14.0. The van der Waals surface area contributed by atoms with Gasteiger partial charge in [0.25, 0.3) is 5.91 Å². The minimum Gasteiger partial charge on any atom is -0.391 e. The summed E-state index contributed by atoms with van der Waals surface area (Å²) in [6.07, 6.45) is 9.15. The van der Waals surface area contributed by atoms with Gasteiger partial charge in [-0.1, -0.05) is 58.3 Å². The number of aliphatic hydroxyl groups excluding tert-OH is 1. The zero-order valence-corrected chi connectivity index (χ0v) is 14.0. The fraction of sp³-hybridized carbons (Fsp3) is 0.882. The smallest absolute Gasteiger partial charge is 0.260 e. The summed E-state index contributed by atoms with van der Waals surface area (Å²) in [5, 5.41) is 9.47. The maximum atomic E-state index is 12.2. The summed E-state index contributed by atoms with van der Waals surface area (Å²) in [7, 11) is 0. The van der Waals surface area contributed by atoms with Crippen LogP contribution < -0.4 is 5.73 Å². The standard InChI is InChI=1S/C17H31NO4/c1-3-4-5-6-7-8-9-10-11-12-14(20)17(16(18)21)15(22-17)13(2)19/h13,15,19H,3-12H2,1-2H3,(H2,18,21)/t13-,15-,17-/m0/s1. The molecule has 0 aliphatic carbocycles. The van der Waals surface area contributed by atoms with Crippen molar-refractivity contribution in [2.45, 2.75) is 95.9 Å². The third-order valence-corrected chi connectivity index (χ3v) is 4.38. The molecular weight excluding hydrogens is 282 g/mol. The van der Waals surface area contributed by atoms with Crippen LogP contribution in [0.15, 0.2) is 0 Å². The minimum absolute atomic E-state index is 0.283. The van der Waals surface area contributed by atoms with Crippen molar-refractivity contribution in [1.29, 1.82) is 0 Å². The number of carbonyl (C=O) groups is 2. The second-order valence-electron chi connectivity index (χ2n) is 6.38. The molecule has 5 nitrogen and oxygen atoms in total. The van der Waals surface area contributed by atoms with Crippen LogP contribution in [0.25, 0.3) is 0 Å². The molecule has 1 saturated heterocycles. The van der Waals surface area contributed by atoms with Gasteiger partial charge in [0.05, 0.1) is 6.10 Å². The highest BCUT2D eigenvalue weighted by Gasteiger charge is 2.68. The van der Waals surface area contributed by atoms with Crippen LogP contribution in [0.1, 0.15) is 78.1 Å². The Hall–Kier alpha value is -0.940. The normalized spacial score (nSPS) is 25.0. The number of ether oxygens (including phenoxy) is 1. The molecular formula is C17H31NO4. The molecule has 0 spiro atoms. The SMILES string of the molecule is CCCCCCCCCCCC(=O)[C@]1(C(N)=O)O[C@H]1[C@H](C)O. The lowest BCUT2D eigenvalue weighted by Crippen LogP contribution is -2.43. The van der Waals surface area contributed by atoms with Crippen LogP contribution in [0.4, 0.5) is 0 Å². The van der Waals surface area contributed by atoms with Crippen LogP contribution >= 0.6 is 0 Å². The van der Waals surface area contributed by atoms with Crippen molar-refractivity contribution in [2.75, 3.05) is 0 Å². The van der Waals surface area contributed by atoms with Crippen LogP contribution in [-0.4, -0.2) is 34.6 Å². The molecule has 1 aliphatic rings. The molecule has 128 valence electrons. The van der Waals surface area contributed by atoms with E-state index in [2.05, 4.69) is 6.92 Å². The van der Waals surface area contributed by atoms with Gasteiger partial charge < -0.3 is 15.6 Å². The Morgan fingerprint density at radius 1 is 1.09 bits per heavy atom. The number of unbranched alkanes of at least 4 members (excludes halogenated alkanes) is 8. The van der Waals surface area contributed by atoms with Gasteiger partial charge in [0.15, 0.2) is 5.78 Å². The summed E-state index contributed by atoms with van der Waals surface area (Å²) >= 11 is 0. The molecule has 1 rings (SSSR count). The molecule has 1 fully saturated rings. The Morgan fingerprint density at radius 2 is 1.59 bits per heavy atom. The second kappa shape index (κ2) is 9.26. The summed E-state index contributed by atoms with van der Waals surface area (Å²) < 4.78 is 5.15. The highest BCUT2D eigenvalue weighted by atomic mass is 16.6. The number of primary amides is 1. The topological polar surface area (TPSA) is 92.9 Å². The zero-order chi connectivity index (χ0) is 16.6. The predicted molar refractivity (Wildman–Crippen MR) is 85.3 cm³/mol. The maximum absolute atomic E-state index is 12.2. The first-order valence-corrected chi connectivity index (χ1v) is 8.65. The van der Waals surface area contributed by atoms with Crippen LogP contribution in [0.2, 0.25) is 0 Å².